The number of rotatable bonds is 3. The first-order valence-corrected chi connectivity index (χ1v) is 7.10. The van der Waals surface area contributed by atoms with Gasteiger partial charge in [-0.25, -0.2) is 0 Å². The van der Waals surface area contributed by atoms with E-state index in [-0.39, 0.29) is 5.56 Å². The van der Waals surface area contributed by atoms with Gasteiger partial charge in [-0.1, -0.05) is 29.8 Å². The summed E-state index contributed by atoms with van der Waals surface area (Å²) in [5, 5.41) is 11.0. The van der Waals surface area contributed by atoms with Crippen molar-refractivity contribution < 1.29 is 9.90 Å². The number of anilines is 1. The van der Waals surface area contributed by atoms with Gasteiger partial charge in [0.25, 0.3) is 11.5 Å². The third-order valence-corrected chi connectivity index (χ3v) is 3.51. The zero-order valence-electron chi connectivity index (χ0n) is 11.8. The van der Waals surface area contributed by atoms with Crippen molar-refractivity contribution in [3.63, 3.8) is 0 Å². The van der Waals surface area contributed by atoms with Gasteiger partial charge in [-0.15, -0.1) is 0 Å². The summed E-state index contributed by atoms with van der Waals surface area (Å²) in [7, 11) is 0. The standard InChI is InChI=1S/C16H12ClN3O3/c17-9-6-7-11-12(8-9)18-15(22)13(14(11)21)16(23)20-19-10-4-2-1-3-5-10/h1-8,19H,(H,20,23)(H2,18,21,22). The minimum Gasteiger partial charge on any atom is -0.506 e. The van der Waals surface area contributed by atoms with Gasteiger partial charge in [-0.2, -0.15) is 0 Å². The summed E-state index contributed by atoms with van der Waals surface area (Å²) in [5.74, 6) is -1.14. The van der Waals surface area contributed by atoms with Crippen LogP contribution < -0.4 is 16.4 Å². The Kier molecular flexibility index (Phi) is 3.91. The molecule has 1 amide bonds. The summed E-state index contributed by atoms with van der Waals surface area (Å²) in [6, 6.07) is 13.5. The van der Waals surface area contributed by atoms with Crippen LogP contribution in [0.1, 0.15) is 10.4 Å². The fourth-order valence-corrected chi connectivity index (χ4v) is 2.35. The lowest BCUT2D eigenvalue weighted by Gasteiger charge is -2.10. The number of carbonyl (C=O) groups excluding carboxylic acids is 1. The third kappa shape index (κ3) is 2.97. The van der Waals surface area contributed by atoms with Gasteiger partial charge in [0, 0.05) is 10.4 Å². The predicted molar refractivity (Wildman–Crippen MR) is 88.8 cm³/mol. The van der Waals surface area contributed by atoms with E-state index in [9.17, 15) is 14.7 Å². The highest BCUT2D eigenvalue weighted by Crippen LogP contribution is 2.26. The number of halogens is 1. The number of aromatic amines is 1. The Bertz CT molecular complexity index is 938. The van der Waals surface area contributed by atoms with Crippen LogP contribution in [0.5, 0.6) is 5.75 Å². The molecule has 0 unspecified atom stereocenters. The number of hydrogen-bond acceptors (Lipinski definition) is 4. The maximum atomic E-state index is 12.2. The van der Waals surface area contributed by atoms with Crippen molar-refractivity contribution in [3.05, 3.63) is 69.5 Å². The number of aromatic hydroxyl groups is 1. The molecule has 0 aliphatic heterocycles. The topological polar surface area (TPSA) is 94.2 Å². The van der Waals surface area contributed by atoms with E-state index < -0.39 is 17.2 Å². The summed E-state index contributed by atoms with van der Waals surface area (Å²) in [5.41, 5.74) is 4.97. The molecule has 1 heterocycles. The molecule has 0 saturated heterocycles. The van der Waals surface area contributed by atoms with Gasteiger partial charge < -0.3 is 10.1 Å². The smallest absolute Gasteiger partial charge is 0.279 e. The lowest BCUT2D eigenvalue weighted by Crippen LogP contribution is -2.33. The Labute approximate surface area is 135 Å². The van der Waals surface area contributed by atoms with Crippen LogP contribution >= 0.6 is 11.6 Å². The van der Waals surface area contributed by atoms with Gasteiger partial charge in [0.05, 0.1) is 11.2 Å². The van der Waals surface area contributed by atoms with Gasteiger partial charge in [-0.3, -0.25) is 20.4 Å². The number of hydrogen-bond donors (Lipinski definition) is 4. The van der Waals surface area contributed by atoms with Gasteiger partial charge >= 0.3 is 0 Å². The molecule has 6 nitrogen and oxygen atoms in total. The van der Waals surface area contributed by atoms with E-state index in [1.54, 1.807) is 30.3 Å². The maximum Gasteiger partial charge on any atom is 0.279 e. The fourth-order valence-electron chi connectivity index (χ4n) is 2.18. The summed E-state index contributed by atoms with van der Waals surface area (Å²) in [6.45, 7) is 0. The number of pyridine rings is 1. The van der Waals surface area contributed by atoms with Crippen LogP contribution in [0.4, 0.5) is 5.69 Å². The van der Waals surface area contributed by atoms with Crippen molar-refractivity contribution in [2.75, 3.05) is 5.43 Å². The number of fused-ring (bicyclic) bond motifs is 1. The van der Waals surface area contributed by atoms with E-state index in [0.717, 1.165) is 0 Å². The molecule has 0 aliphatic carbocycles. The zero-order chi connectivity index (χ0) is 16.4. The number of hydrazine groups is 1. The highest BCUT2D eigenvalue weighted by molar-refractivity contribution is 6.31. The van der Waals surface area contributed by atoms with E-state index in [2.05, 4.69) is 15.8 Å². The molecule has 4 N–H and O–H groups in total. The summed E-state index contributed by atoms with van der Waals surface area (Å²) in [4.78, 5) is 26.8. The van der Waals surface area contributed by atoms with Crippen molar-refractivity contribution in [1.29, 1.82) is 0 Å². The predicted octanol–water partition coefficient (Wildman–Crippen LogP) is 2.64. The number of H-pyrrole nitrogens is 1. The number of para-hydroxylation sites is 1. The summed E-state index contributed by atoms with van der Waals surface area (Å²) >= 11 is 5.85. The Balaban J connectivity index is 1.94. The van der Waals surface area contributed by atoms with Gasteiger partial charge in [0.2, 0.25) is 0 Å². The van der Waals surface area contributed by atoms with Crippen molar-refractivity contribution in [3.8, 4) is 5.75 Å². The van der Waals surface area contributed by atoms with E-state index in [0.29, 0.717) is 21.6 Å². The first-order chi connectivity index (χ1) is 11.1. The lowest BCUT2D eigenvalue weighted by atomic mass is 10.1. The highest BCUT2D eigenvalue weighted by atomic mass is 35.5. The third-order valence-electron chi connectivity index (χ3n) is 3.27. The van der Waals surface area contributed by atoms with Gasteiger partial charge in [-0.05, 0) is 30.3 Å². The first kappa shape index (κ1) is 14.9. The molecule has 0 radical (unpaired) electrons. The molecule has 0 bridgehead atoms. The molecular weight excluding hydrogens is 318 g/mol. The Hall–Kier alpha value is -2.99. The molecule has 3 rings (SSSR count). The van der Waals surface area contributed by atoms with Crippen LogP contribution in [0, 0.1) is 0 Å². The lowest BCUT2D eigenvalue weighted by molar-refractivity contribution is 0.0958. The average Bonchev–Trinajstić information content (AvgIpc) is 2.53. The van der Waals surface area contributed by atoms with Crippen LogP contribution in [-0.2, 0) is 0 Å². The van der Waals surface area contributed by atoms with Gasteiger partial charge in [0.1, 0.15) is 11.3 Å². The Morgan fingerprint density at radius 2 is 1.87 bits per heavy atom. The second kappa shape index (κ2) is 6.02. The number of carbonyl (C=O) groups is 1. The molecule has 2 aromatic carbocycles. The number of benzene rings is 2. The number of nitrogens with one attached hydrogen (secondary N) is 3. The second-order valence-electron chi connectivity index (χ2n) is 4.81. The number of aromatic nitrogens is 1. The fraction of sp³-hybridized carbons (Fsp3) is 0. The molecule has 1 aromatic heterocycles. The molecule has 3 aromatic rings. The Morgan fingerprint density at radius 3 is 2.61 bits per heavy atom. The van der Waals surface area contributed by atoms with Crippen LogP contribution in [0.2, 0.25) is 5.02 Å². The van der Waals surface area contributed by atoms with E-state index in [4.69, 9.17) is 11.6 Å². The monoisotopic (exact) mass is 329 g/mol. The van der Waals surface area contributed by atoms with Crippen LogP contribution in [0.3, 0.4) is 0 Å². The van der Waals surface area contributed by atoms with Crippen molar-refractivity contribution in [1.82, 2.24) is 10.4 Å². The molecule has 23 heavy (non-hydrogen) atoms. The first-order valence-electron chi connectivity index (χ1n) is 6.72. The molecule has 116 valence electrons. The van der Waals surface area contributed by atoms with Crippen LogP contribution in [0.25, 0.3) is 10.9 Å². The average molecular weight is 330 g/mol. The van der Waals surface area contributed by atoms with E-state index >= 15 is 0 Å². The molecular formula is C16H12ClN3O3. The minimum absolute atomic E-state index is 0.332. The normalized spacial score (nSPS) is 10.5. The summed E-state index contributed by atoms with van der Waals surface area (Å²) < 4.78 is 0. The molecule has 0 aliphatic rings. The molecule has 7 heteroatoms. The molecule has 0 fully saturated rings. The van der Waals surface area contributed by atoms with Crippen LogP contribution in [0.15, 0.2) is 53.3 Å². The Morgan fingerprint density at radius 1 is 1.13 bits per heavy atom. The highest BCUT2D eigenvalue weighted by Gasteiger charge is 2.19. The van der Waals surface area contributed by atoms with Crippen molar-refractivity contribution in [2.24, 2.45) is 0 Å². The second-order valence-corrected chi connectivity index (χ2v) is 5.25. The van der Waals surface area contributed by atoms with E-state index in [1.807, 2.05) is 6.07 Å². The van der Waals surface area contributed by atoms with Crippen molar-refractivity contribution in [2.45, 2.75) is 0 Å². The maximum absolute atomic E-state index is 12.2. The quantitative estimate of drug-likeness (QED) is 0.556. The zero-order valence-corrected chi connectivity index (χ0v) is 12.5. The summed E-state index contributed by atoms with van der Waals surface area (Å²) in [6.07, 6.45) is 0. The van der Waals surface area contributed by atoms with E-state index in [1.165, 1.54) is 12.1 Å². The number of amides is 1. The minimum atomic E-state index is -0.746. The van der Waals surface area contributed by atoms with Gasteiger partial charge in [0.15, 0.2) is 0 Å². The largest absolute Gasteiger partial charge is 0.506 e. The van der Waals surface area contributed by atoms with Crippen LogP contribution in [-0.4, -0.2) is 16.0 Å². The van der Waals surface area contributed by atoms with Crippen molar-refractivity contribution >= 4 is 34.1 Å². The SMILES string of the molecule is O=C(NNc1ccccc1)c1c(O)c2ccc(Cl)cc2[nH]c1=O. The molecule has 0 atom stereocenters. The molecule has 0 saturated carbocycles. The molecule has 0 spiro atoms.